The van der Waals surface area contributed by atoms with Gasteiger partial charge >= 0.3 is 0 Å². The standard InChI is InChI=1S/C13H15BrN2O2/c1-2-8(7-17)15-13(18)12-6-9-10(14)4-3-5-11(9)16-12/h3-6,8,16-17H,2,7H2,1H3,(H,15,18). The minimum Gasteiger partial charge on any atom is -0.394 e. The second-order valence-electron chi connectivity index (χ2n) is 4.15. The molecular weight excluding hydrogens is 296 g/mol. The van der Waals surface area contributed by atoms with Crippen LogP contribution in [0.4, 0.5) is 0 Å². The summed E-state index contributed by atoms with van der Waals surface area (Å²) in [4.78, 5) is 15.1. The van der Waals surface area contributed by atoms with Gasteiger partial charge in [-0.1, -0.05) is 28.9 Å². The Labute approximate surface area is 114 Å². The first kappa shape index (κ1) is 13.1. The predicted molar refractivity (Wildman–Crippen MR) is 74.6 cm³/mol. The quantitative estimate of drug-likeness (QED) is 0.812. The highest BCUT2D eigenvalue weighted by Crippen LogP contribution is 2.24. The average Bonchev–Trinajstić information content (AvgIpc) is 2.81. The average molecular weight is 311 g/mol. The molecule has 0 spiro atoms. The zero-order chi connectivity index (χ0) is 13.1. The molecule has 1 amide bonds. The van der Waals surface area contributed by atoms with Gasteiger partial charge in [0.2, 0.25) is 0 Å². The Kier molecular flexibility index (Phi) is 4.04. The van der Waals surface area contributed by atoms with Crippen LogP contribution < -0.4 is 5.32 Å². The number of carbonyl (C=O) groups excluding carboxylic acids is 1. The van der Waals surface area contributed by atoms with Crippen LogP contribution in [-0.4, -0.2) is 28.6 Å². The molecule has 0 saturated heterocycles. The minimum atomic E-state index is -0.202. The lowest BCUT2D eigenvalue weighted by Gasteiger charge is -2.12. The molecule has 1 heterocycles. The third-order valence-corrected chi connectivity index (χ3v) is 3.60. The van der Waals surface area contributed by atoms with Crippen molar-refractivity contribution in [3.05, 3.63) is 34.4 Å². The highest BCUT2D eigenvalue weighted by molar-refractivity contribution is 9.10. The monoisotopic (exact) mass is 310 g/mol. The smallest absolute Gasteiger partial charge is 0.268 e. The van der Waals surface area contributed by atoms with E-state index in [2.05, 4.69) is 26.2 Å². The highest BCUT2D eigenvalue weighted by Gasteiger charge is 2.14. The van der Waals surface area contributed by atoms with Crippen LogP contribution in [0.25, 0.3) is 10.9 Å². The number of amides is 1. The van der Waals surface area contributed by atoms with Crippen molar-refractivity contribution in [2.45, 2.75) is 19.4 Å². The van der Waals surface area contributed by atoms with Crippen LogP contribution in [0.3, 0.4) is 0 Å². The van der Waals surface area contributed by atoms with Crippen molar-refractivity contribution in [2.75, 3.05) is 6.61 Å². The second-order valence-corrected chi connectivity index (χ2v) is 5.00. The number of hydrogen-bond donors (Lipinski definition) is 3. The lowest BCUT2D eigenvalue weighted by Crippen LogP contribution is -2.37. The summed E-state index contributed by atoms with van der Waals surface area (Å²) < 4.78 is 0.949. The molecule has 0 aliphatic rings. The number of fused-ring (bicyclic) bond motifs is 1. The Morgan fingerprint density at radius 3 is 2.94 bits per heavy atom. The Bertz CT molecular complexity index is 561. The Balaban J connectivity index is 2.26. The number of aliphatic hydroxyl groups excluding tert-OH is 1. The van der Waals surface area contributed by atoms with Crippen molar-refractivity contribution in [2.24, 2.45) is 0 Å². The van der Waals surface area contributed by atoms with Gasteiger partial charge in [0.05, 0.1) is 12.6 Å². The van der Waals surface area contributed by atoms with Crippen LogP contribution in [0.15, 0.2) is 28.7 Å². The molecule has 0 aliphatic heterocycles. The SMILES string of the molecule is CCC(CO)NC(=O)c1cc2c(Br)cccc2[nH]1. The number of aliphatic hydroxyl groups is 1. The van der Waals surface area contributed by atoms with Gasteiger partial charge < -0.3 is 15.4 Å². The van der Waals surface area contributed by atoms with E-state index < -0.39 is 0 Å². The third-order valence-electron chi connectivity index (χ3n) is 2.90. The maximum atomic E-state index is 12.0. The number of aromatic nitrogens is 1. The molecule has 96 valence electrons. The number of hydrogen-bond acceptors (Lipinski definition) is 2. The predicted octanol–water partition coefficient (Wildman–Crippen LogP) is 2.43. The number of benzene rings is 1. The topological polar surface area (TPSA) is 65.1 Å². The number of halogens is 1. The fourth-order valence-corrected chi connectivity index (χ4v) is 2.26. The van der Waals surface area contributed by atoms with Crippen molar-refractivity contribution in [3.8, 4) is 0 Å². The maximum Gasteiger partial charge on any atom is 0.268 e. The van der Waals surface area contributed by atoms with Gasteiger partial charge in [0.15, 0.2) is 0 Å². The summed E-state index contributed by atoms with van der Waals surface area (Å²) in [6, 6.07) is 7.36. The van der Waals surface area contributed by atoms with Crippen LogP contribution in [0.5, 0.6) is 0 Å². The summed E-state index contributed by atoms with van der Waals surface area (Å²) in [6.45, 7) is 1.87. The summed E-state index contributed by atoms with van der Waals surface area (Å²) in [6.07, 6.45) is 0.701. The third kappa shape index (κ3) is 2.57. The molecule has 4 nitrogen and oxygen atoms in total. The molecule has 0 radical (unpaired) electrons. The molecule has 3 N–H and O–H groups in total. The maximum absolute atomic E-state index is 12.0. The number of nitrogens with one attached hydrogen (secondary N) is 2. The van der Waals surface area contributed by atoms with Gasteiger partial charge in [-0.15, -0.1) is 0 Å². The molecule has 2 rings (SSSR count). The van der Waals surface area contributed by atoms with E-state index in [-0.39, 0.29) is 18.6 Å². The van der Waals surface area contributed by atoms with Gasteiger partial charge in [-0.25, -0.2) is 0 Å². The normalized spacial score (nSPS) is 12.6. The zero-order valence-corrected chi connectivity index (χ0v) is 11.6. The molecule has 2 aromatic rings. The molecule has 1 atom stereocenters. The van der Waals surface area contributed by atoms with E-state index in [0.29, 0.717) is 12.1 Å². The summed E-state index contributed by atoms with van der Waals surface area (Å²) in [5, 5.41) is 12.8. The summed E-state index contributed by atoms with van der Waals surface area (Å²) in [5.74, 6) is -0.195. The van der Waals surface area contributed by atoms with E-state index >= 15 is 0 Å². The Morgan fingerprint density at radius 1 is 1.56 bits per heavy atom. The lowest BCUT2D eigenvalue weighted by atomic mass is 10.2. The van der Waals surface area contributed by atoms with Crippen LogP contribution in [0.1, 0.15) is 23.8 Å². The van der Waals surface area contributed by atoms with Gasteiger partial charge in [0.1, 0.15) is 5.69 Å². The number of H-pyrrole nitrogens is 1. The molecule has 18 heavy (non-hydrogen) atoms. The molecule has 0 aliphatic carbocycles. The van der Waals surface area contributed by atoms with Crippen LogP contribution in [-0.2, 0) is 0 Å². The fraction of sp³-hybridized carbons (Fsp3) is 0.308. The molecule has 0 saturated carbocycles. The van der Waals surface area contributed by atoms with Gasteiger partial charge in [-0.05, 0) is 24.6 Å². The molecular formula is C13H15BrN2O2. The van der Waals surface area contributed by atoms with E-state index in [1.165, 1.54) is 0 Å². The lowest BCUT2D eigenvalue weighted by molar-refractivity contribution is 0.0910. The molecule has 1 unspecified atom stereocenters. The molecule has 0 bridgehead atoms. The largest absolute Gasteiger partial charge is 0.394 e. The van der Waals surface area contributed by atoms with E-state index in [9.17, 15) is 4.79 Å². The van der Waals surface area contributed by atoms with Gasteiger partial charge in [-0.3, -0.25) is 4.79 Å². The van der Waals surface area contributed by atoms with Crippen molar-refractivity contribution in [1.29, 1.82) is 0 Å². The molecule has 1 aromatic carbocycles. The first-order chi connectivity index (χ1) is 8.65. The minimum absolute atomic E-state index is 0.0494. The van der Waals surface area contributed by atoms with Gasteiger partial charge in [0.25, 0.3) is 5.91 Å². The Morgan fingerprint density at radius 2 is 2.33 bits per heavy atom. The van der Waals surface area contributed by atoms with Crippen molar-refractivity contribution in [3.63, 3.8) is 0 Å². The number of aromatic amines is 1. The first-order valence-corrected chi connectivity index (χ1v) is 6.64. The summed E-state index contributed by atoms with van der Waals surface area (Å²) >= 11 is 3.45. The van der Waals surface area contributed by atoms with Crippen LogP contribution in [0, 0.1) is 0 Å². The summed E-state index contributed by atoms with van der Waals surface area (Å²) in [5.41, 5.74) is 1.41. The Hall–Kier alpha value is -1.33. The number of carbonyl (C=O) groups is 1. The van der Waals surface area contributed by atoms with Gasteiger partial charge in [-0.2, -0.15) is 0 Å². The van der Waals surface area contributed by atoms with Crippen molar-refractivity contribution in [1.82, 2.24) is 10.3 Å². The zero-order valence-electron chi connectivity index (χ0n) is 10.0. The summed E-state index contributed by atoms with van der Waals surface area (Å²) in [7, 11) is 0. The number of rotatable bonds is 4. The van der Waals surface area contributed by atoms with E-state index in [1.54, 1.807) is 6.07 Å². The van der Waals surface area contributed by atoms with Crippen LogP contribution >= 0.6 is 15.9 Å². The highest BCUT2D eigenvalue weighted by atomic mass is 79.9. The van der Waals surface area contributed by atoms with Gasteiger partial charge in [0, 0.05) is 15.4 Å². The first-order valence-electron chi connectivity index (χ1n) is 5.84. The molecule has 1 aromatic heterocycles. The van der Waals surface area contributed by atoms with Crippen molar-refractivity contribution >= 4 is 32.7 Å². The molecule has 0 fully saturated rings. The van der Waals surface area contributed by atoms with Crippen molar-refractivity contribution < 1.29 is 9.90 Å². The van der Waals surface area contributed by atoms with E-state index in [4.69, 9.17) is 5.11 Å². The van der Waals surface area contributed by atoms with Crippen LogP contribution in [0.2, 0.25) is 0 Å². The fourth-order valence-electron chi connectivity index (χ4n) is 1.78. The second kappa shape index (κ2) is 5.54. The van der Waals surface area contributed by atoms with E-state index in [1.807, 2.05) is 25.1 Å². The molecule has 5 heteroatoms. The van der Waals surface area contributed by atoms with E-state index in [0.717, 1.165) is 15.4 Å².